The van der Waals surface area contributed by atoms with E-state index in [9.17, 15) is 9.90 Å². The third-order valence-electron chi connectivity index (χ3n) is 5.06. The van der Waals surface area contributed by atoms with E-state index in [2.05, 4.69) is 27.7 Å². The minimum absolute atomic E-state index is 0.0271. The number of carbonyl (C=O) groups is 1. The maximum atomic E-state index is 10.9. The van der Waals surface area contributed by atoms with Crippen molar-refractivity contribution in [2.45, 2.75) is 98.5 Å². The molecule has 1 amide bonds. The number of aliphatic hydroxyl groups is 1. The zero-order valence-electron chi connectivity index (χ0n) is 16.2. The molecule has 0 saturated heterocycles. The molecule has 0 fully saturated rings. The Labute approximate surface area is 144 Å². The molecule has 0 aliphatic rings. The van der Waals surface area contributed by atoms with Crippen LogP contribution in [-0.2, 0) is 4.79 Å². The number of hydrogen-bond acceptors (Lipinski definition) is 2. The van der Waals surface area contributed by atoms with Gasteiger partial charge in [0.05, 0.1) is 0 Å². The molecule has 138 valence electrons. The van der Waals surface area contributed by atoms with E-state index >= 15 is 0 Å². The van der Waals surface area contributed by atoms with E-state index in [0.29, 0.717) is 0 Å². The average Bonchev–Trinajstić information content (AvgIpc) is 2.45. The van der Waals surface area contributed by atoms with Crippen LogP contribution < -0.4 is 5.73 Å². The second kappa shape index (κ2) is 12.8. The summed E-state index contributed by atoms with van der Waals surface area (Å²) in [6.45, 7) is 11.2. The lowest BCUT2D eigenvalue weighted by molar-refractivity contribution is -0.128. The van der Waals surface area contributed by atoms with Crippen molar-refractivity contribution in [3.8, 4) is 0 Å². The van der Waals surface area contributed by atoms with Crippen molar-refractivity contribution < 1.29 is 9.90 Å². The van der Waals surface area contributed by atoms with Crippen LogP contribution in [0.25, 0.3) is 0 Å². The molecule has 0 heterocycles. The van der Waals surface area contributed by atoms with E-state index in [1.807, 2.05) is 6.92 Å². The smallest absolute Gasteiger partial charge is 0.246 e. The predicted molar refractivity (Wildman–Crippen MR) is 99.1 cm³/mol. The van der Waals surface area contributed by atoms with Crippen molar-refractivity contribution in [1.29, 1.82) is 0 Å². The summed E-state index contributed by atoms with van der Waals surface area (Å²) in [5, 5.41) is 9.59. The highest BCUT2D eigenvalue weighted by Gasteiger charge is 2.19. The summed E-state index contributed by atoms with van der Waals surface area (Å²) < 4.78 is 0. The highest BCUT2D eigenvalue weighted by atomic mass is 16.3. The third-order valence-corrected chi connectivity index (χ3v) is 5.06. The van der Waals surface area contributed by atoms with Crippen LogP contribution in [0.3, 0.4) is 0 Å². The molecular weight excluding hydrogens is 286 g/mol. The second-order valence-electron chi connectivity index (χ2n) is 8.22. The van der Waals surface area contributed by atoms with Gasteiger partial charge in [0.25, 0.3) is 0 Å². The Morgan fingerprint density at radius 1 is 0.783 bits per heavy atom. The predicted octanol–water partition coefficient (Wildman–Crippen LogP) is 4.91. The fourth-order valence-electron chi connectivity index (χ4n) is 3.20. The van der Waals surface area contributed by atoms with Crippen molar-refractivity contribution in [2.24, 2.45) is 29.4 Å². The fourth-order valence-corrected chi connectivity index (χ4v) is 3.20. The Balaban J connectivity index is 3.63. The number of amides is 1. The molecule has 0 bridgehead atoms. The number of primary amides is 1. The van der Waals surface area contributed by atoms with Gasteiger partial charge < -0.3 is 10.8 Å². The molecule has 4 atom stereocenters. The first-order valence-electron chi connectivity index (χ1n) is 9.71. The van der Waals surface area contributed by atoms with E-state index in [1.54, 1.807) is 0 Å². The molecule has 0 spiro atoms. The lowest BCUT2D eigenvalue weighted by Crippen LogP contribution is -2.33. The molecule has 0 radical (unpaired) electrons. The van der Waals surface area contributed by atoms with Crippen LogP contribution in [0.15, 0.2) is 0 Å². The zero-order valence-corrected chi connectivity index (χ0v) is 16.2. The molecule has 23 heavy (non-hydrogen) atoms. The molecule has 0 aromatic heterocycles. The Morgan fingerprint density at radius 3 is 1.57 bits per heavy atom. The normalized spacial score (nSPS) is 17.0. The molecule has 0 aromatic rings. The van der Waals surface area contributed by atoms with Gasteiger partial charge in [0.15, 0.2) is 0 Å². The molecule has 4 unspecified atom stereocenters. The van der Waals surface area contributed by atoms with Crippen LogP contribution in [0.2, 0.25) is 0 Å². The molecule has 0 aliphatic heterocycles. The summed E-state index contributed by atoms with van der Waals surface area (Å²) >= 11 is 0. The van der Waals surface area contributed by atoms with Crippen molar-refractivity contribution >= 4 is 5.91 Å². The lowest BCUT2D eigenvalue weighted by Gasteiger charge is -2.18. The Morgan fingerprint density at radius 2 is 1.17 bits per heavy atom. The quantitative estimate of drug-likeness (QED) is 0.476. The van der Waals surface area contributed by atoms with Crippen LogP contribution in [0, 0.1) is 23.7 Å². The molecule has 3 nitrogen and oxygen atoms in total. The van der Waals surface area contributed by atoms with E-state index in [4.69, 9.17) is 5.73 Å². The lowest BCUT2D eigenvalue weighted by atomic mass is 9.90. The standard InChI is InChI=1S/C20H41NO2/c1-15(2)9-6-10-16(3)11-7-12-17(4)13-8-14-18(5)19(22)20(21)23/h15-19,22H,6-14H2,1-5H3,(H2,21,23). The highest BCUT2D eigenvalue weighted by Crippen LogP contribution is 2.22. The molecule has 3 heteroatoms. The van der Waals surface area contributed by atoms with Crippen molar-refractivity contribution in [2.75, 3.05) is 0 Å². The fraction of sp³-hybridized carbons (Fsp3) is 0.950. The SMILES string of the molecule is CC(C)CCCC(C)CCCC(C)CCCC(C)C(O)C(N)=O. The van der Waals surface area contributed by atoms with Crippen LogP contribution in [-0.4, -0.2) is 17.1 Å². The Hall–Kier alpha value is -0.570. The maximum absolute atomic E-state index is 10.9. The van der Waals surface area contributed by atoms with Gasteiger partial charge in [0.2, 0.25) is 5.91 Å². The van der Waals surface area contributed by atoms with Crippen LogP contribution in [0.5, 0.6) is 0 Å². The van der Waals surface area contributed by atoms with Gasteiger partial charge >= 0.3 is 0 Å². The van der Waals surface area contributed by atoms with Gasteiger partial charge in [-0.25, -0.2) is 0 Å². The minimum atomic E-state index is -0.989. The van der Waals surface area contributed by atoms with Crippen molar-refractivity contribution in [3.63, 3.8) is 0 Å². The number of carbonyl (C=O) groups excluding carboxylic acids is 1. The van der Waals surface area contributed by atoms with Gasteiger partial charge in [-0.3, -0.25) is 4.79 Å². The summed E-state index contributed by atoms with van der Waals surface area (Å²) in [6, 6.07) is 0. The molecule has 0 aliphatic carbocycles. The summed E-state index contributed by atoms with van der Waals surface area (Å²) in [6.07, 6.45) is 10.2. The van der Waals surface area contributed by atoms with Crippen molar-refractivity contribution in [1.82, 2.24) is 0 Å². The molecule has 0 saturated carbocycles. The Bertz CT molecular complexity index is 304. The maximum Gasteiger partial charge on any atom is 0.246 e. The van der Waals surface area contributed by atoms with Crippen LogP contribution in [0.1, 0.15) is 92.4 Å². The summed E-state index contributed by atoms with van der Waals surface area (Å²) in [7, 11) is 0. The molecule has 0 aromatic carbocycles. The van der Waals surface area contributed by atoms with E-state index < -0.39 is 12.0 Å². The summed E-state index contributed by atoms with van der Waals surface area (Å²) in [4.78, 5) is 10.9. The number of aliphatic hydroxyl groups excluding tert-OH is 1. The first-order valence-corrected chi connectivity index (χ1v) is 9.71. The van der Waals surface area contributed by atoms with Gasteiger partial charge in [-0.15, -0.1) is 0 Å². The zero-order chi connectivity index (χ0) is 17.8. The van der Waals surface area contributed by atoms with Gasteiger partial charge in [-0.2, -0.15) is 0 Å². The van der Waals surface area contributed by atoms with Gasteiger partial charge in [-0.1, -0.05) is 86.0 Å². The summed E-state index contributed by atoms with van der Waals surface area (Å²) in [5.74, 6) is 1.79. The topological polar surface area (TPSA) is 63.3 Å². The first kappa shape index (κ1) is 22.4. The summed E-state index contributed by atoms with van der Waals surface area (Å²) in [5.41, 5.74) is 5.12. The first-order chi connectivity index (χ1) is 10.7. The number of hydrogen-bond donors (Lipinski definition) is 2. The van der Waals surface area contributed by atoms with Gasteiger partial charge in [0.1, 0.15) is 6.10 Å². The van der Waals surface area contributed by atoms with Crippen LogP contribution in [0.4, 0.5) is 0 Å². The number of rotatable bonds is 14. The molecule has 3 N–H and O–H groups in total. The van der Waals surface area contributed by atoms with Gasteiger partial charge in [0, 0.05) is 0 Å². The van der Waals surface area contributed by atoms with E-state index in [-0.39, 0.29) is 5.92 Å². The average molecular weight is 328 g/mol. The molecule has 0 rings (SSSR count). The Kier molecular flexibility index (Phi) is 12.5. The second-order valence-corrected chi connectivity index (χ2v) is 8.22. The minimum Gasteiger partial charge on any atom is -0.383 e. The third kappa shape index (κ3) is 12.5. The monoisotopic (exact) mass is 327 g/mol. The van der Waals surface area contributed by atoms with E-state index in [1.165, 1.54) is 44.9 Å². The van der Waals surface area contributed by atoms with Gasteiger partial charge in [-0.05, 0) is 30.1 Å². The van der Waals surface area contributed by atoms with Crippen LogP contribution >= 0.6 is 0 Å². The molecular formula is C20H41NO2. The largest absolute Gasteiger partial charge is 0.383 e. The number of nitrogens with two attached hydrogens (primary N) is 1. The van der Waals surface area contributed by atoms with E-state index in [0.717, 1.165) is 30.6 Å². The van der Waals surface area contributed by atoms with Crippen molar-refractivity contribution in [3.05, 3.63) is 0 Å². The highest BCUT2D eigenvalue weighted by molar-refractivity contribution is 5.78.